The molecule has 22 rings (SSSR count). The van der Waals surface area contributed by atoms with E-state index in [-0.39, 0.29) is 42.4 Å². The van der Waals surface area contributed by atoms with Gasteiger partial charge in [-0.1, -0.05) is 109 Å². The summed E-state index contributed by atoms with van der Waals surface area (Å²) < 4.78 is 13.6. The first-order valence-electron chi connectivity index (χ1n) is 36.3. The molecule has 4 aliphatic heterocycles. The second kappa shape index (κ2) is 24.6. The van der Waals surface area contributed by atoms with Crippen LogP contribution in [-0.4, -0.2) is 42.4 Å². The number of nitrogens with zero attached hydrogens (tertiary/aromatic N) is 5. The van der Waals surface area contributed by atoms with Gasteiger partial charge in [0.25, 0.3) is 0 Å². The standard InChI is InChI=1S/C96H61B2N5OSe2/c1-7-30-62(31-8-1)70-44-27-45-71(63-32-9-2-10-33-63)96(70)103-82-61-86-77(98-74-46-21-23-48-78(74)101(67-40-17-6-18-41-67)85-58-69(59-87(104-86)95(85)98)99(64-34-11-3-12-35-64)65-36-13-4-14-37-65)60-76(82)97-75-47-22-24-49-79(75)102(81-51-29-55-91-93(81)73-43-20-26-53-89(73)106-91)83-56-68(57-84(103)94(83)97)100(66-38-15-5-16-39-66)80-50-28-54-90-92(80)72-42-19-25-52-88(72)105-90/h1-61H. The zero-order valence-corrected chi connectivity index (χ0v) is 60.8. The van der Waals surface area contributed by atoms with E-state index in [1.165, 1.54) is 66.1 Å². The van der Waals surface area contributed by atoms with Gasteiger partial charge in [-0.25, -0.2) is 0 Å². The molecule has 0 spiro atoms. The number of fused-ring (bicyclic) bond motifs is 14. The first kappa shape index (κ1) is 61.0. The van der Waals surface area contributed by atoms with Gasteiger partial charge in [-0.15, -0.1) is 0 Å². The molecule has 0 atom stereocenters. The molecule has 0 saturated heterocycles. The van der Waals surface area contributed by atoms with Crippen molar-refractivity contribution in [1.29, 1.82) is 0 Å². The van der Waals surface area contributed by atoms with Crippen LogP contribution in [0.5, 0.6) is 11.5 Å². The second-order valence-electron chi connectivity index (χ2n) is 27.8. The van der Waals surface area contributed by atoms with Gasteiger partial charge in [0.15, 0.2) is 0 Å². The monoisotopic (exact) mass is 1480 g/mol. The topological polar surface area (TPSA) is 25.4 Å². The van der Waals surface area contributed by atoms with Crippen LogP contribution in [0.4, 0.5) is 85.3 Å². The van der Waals surface area contributed by atoms with Crippen molar-refractivity contribution in [1.82, 2.24) is 0 Å². The van der Waals surface area contributed by atoms with Crippen LogP contribution < -0.4 is 62.0 Å². The smallest absolute Gasteiger partial charge is 0.311 e. The van der Waals surface area contributed by atoms with Gasteiger partial charge < -0.3 is 9.80 Å². The summed E-state index contributed by atoms with van der Waals surface area (Å²) in [6.45, 7) is -0.503. The molecule has 106 heavy (non-hydrogen) atoms. The van der Waals surface area contributed by atoms with E-state index in [1.807, 2.05) is 0 Å². The average molecular weight is 1480 g/mol. The average Bonchev–Trinajstić information content (AvgIpc) is 0.697. The van der Waals surface area contributed by atoms with Gasteiger partial charge in [0.05, 0.1) is 5.69 Å². The van der Waals surface area contributed by atoms with Gasteiger partial charge in [0.2, 0.25) is 0 Å². The predicted molar refractivity (Wildman–Crippen MR) is 450 cm³/mol. The van der Waals surface area contributed by atoms with Gasteiger partial charge in [-0.3, -0.25) is 0 Å². The summed E-state index contributed by atoms with van der Waals surface area (Å²) in [5.41, 5.74) is 27.9. The Kier molecular flexibility index (Phi) is 14.1. The quantitative estimate of drug-likeness (QED) is 0.120. The summed E-state index contributed by atoms with van der Waals surface area (Å²) >= 11 is 0.234. The molecular formula is C96H61B2N5OSe2. The molecule has 0 amide bonds. The molecule has 18 aromatic rings. The minimum absolute atomic E-state index is 0.113. The summed E-state index contributed by atoms with van der Waals surface area (Å²) in [7, 11) is 0. The molecular weight excluding hydrogens is 1420 g/mol. The Hall–Kier alpha value is -12.5. The van der Waals surface area contributed by atoms with E-state index in [1.54, 1.807) is 0 Å². The summed E-state index contributed by atoms with van der Waals surface area (Å²) in [5, 5.41) is 5.21. The Bertz CT molecular complexity index is 6460. The van der Waals surface area contributed by atoms with Gasteiger partial charge in [0, 0.05) is 34.5 Å². The fraction of sp³-hybridized carbons (Fsp3) is 0. The molecule has 494 valence electrons. The third kappa shape index (κ3) is 9.45. The van der Waals surface area contributed by atoms with Gasteiger partial charge in [-0.2, -0.15) is 0 Å². The van der Waals surface area contributed by atoms with E-state index in [0.717, 1.165) is 124 Å². The third-order valence-corrected chi connectivity index (χ3v) is 26.8. The van der Waals surface area contributed by atoms with Gasteiger partial charge >= 0.3 is 419 Å². The van der Waals surface area contributed by atoms with Gasteiger partial charge in [-0.05, 0) is 48.5 Å². The maximum atomic E-state index is 8.03. The molecule has 0 N–H and O–H groups in total. The van der Waals surface area contributed by atoms with Crippen molar-refractivity contribution in [3.63, 3.8) is 0 Å². The number of anilines is 15. The van der Waals surface area contributed by atoms with Crippen LogP contribution in [0, 0.1) is 0 Å². The molecule has 6 heterocycles. The van der Waals surface area contributed by atoms with E-state index < -0.39 is 0 Å². The van der Waals surface area contributed by atoms with E-state index in [4.69, 9.17) is 4.74 Å². The molecule has 0 unspecified atom stereocenters. The number of ether oxygens (including phenoxy) is 1. The van der Waals surface area contributed by atoms with Crippen LogP contribution in [0.3, 0.4) is 0 Å². The Morgan fingerprint density at radius 3 is 1.32 bits per heavy atom. The van der Waals surface area contributed by atoms with Crippen LogP contribution in [0.15, 0.2) is 370 Å². The first-order valence-corrected chi connectivity index (χ1v) is 39.7. The van der Waals surface area contributed by atoms with Crippen molar-refractivity contribution < 1.29 is 4.74 Å². The zero-order valence-electron chi connectivity index (χ0n) is 57.3. The van der Waals surface area contributed by atoms with Crippen LogP contribution in [0.1, 0.15) is 0 Å². The Balaban J connectivity index is 0.885. The molecule has 4 aliphatic rings. The van der Waals surface area contributed by atoms with E-state index >= 15 is 0 Å². The minimum atomic E-state index is -0.269. The van der Waals surface area contributed by atoms with Crippen LogP contribution in [0.25, 0.3) is 60.8 Å². The molecule has 0 saturated carbocycles. The van der Waals surface area contributed by atoms with Gasteiger partial charge in [0.1, 0.15) is 5.75 Å². The van der Waals surface area contributed by atoms with E-state index in [2.05, 4.69) is 395 Å². The Morgan fingerprint density at radius 2 is 0.708 bits per heavy atom. The molecule has 16 aromatic carbocycles. The second-order valence-corrected chi connectivity index (χ2v) is 32.3. The predicted octanol–water partition coefficient (Wildman–Crippen LogP) is 21.2. The van der Waals surface area contributed by atoms with Crippen molar-refractivity contribution >= 4 is 199 Å². The Morgan fingerprint density at radius 1 is 0.264 bits per heavy atom. The molecule has 0 radical (unpaired) electrons. The summed E-state index contributed by atoms with van der Waals surface area (Å²) in [5.74, 6) is 1.63. The molecule has 2 aromatic heterocycles. The summed E-state index contributed by atoms with van der Waals surface area (Å²) in [6.07, 6.45) is 0. The number of hydrogen-bond acceptors (Lipinski definition) is 6. The van der Waals surface area contributed by atoms with Crippen LogP contribution >= 0.6 is 0 Å². The summed E-state index contributed by atoms with van der Waals surface area (Å²) in [4.78, 5) is 12.7. The molecule has 0 fully saturated rings. The molecule has 0 aliphatic carbocycles. The molecule has 10 heteroatoms. The van der Waals surface area contributed by atoms with Crippen LogP contribution in [0.2, 0.25) is 0 Å². The van der Waals surface area contributed by atoms with Crippen molar-refractivity contribution in [2.24, 2.45) is 0 Å². The molecule has 6 nitrogen and oxygen atoms in total. The number of benzene rings is 16. The third-order valence-electron chi connectivity index (χ3n) is 22.0. The fourth-order valence-corrected chi connectivity index (χ4v) is 22.4. The molecule has 0 bridgehead atoms. The Labute approximate surface area is 627 Å². The SMILES string of the molecule is c1ccc(-c2cccc(-c3ccccc3)c2N2c3cc4c(cc3B3c5ccccc5N(c5cccc6[se]c7ccccc7c56)c5cc(N(c6ccccc6)c6cccc7[se]c8ccccc8c67)cc2c53)B2c3ccccc3N(c3ccccc3)c3cc(N(c5ccccc5)c5ccccc5)cc(c32)O4)cc1. The fourth-order valence-electron chi connectivity index (χ4n) is 17.7. The van der Waals surface area contributed by atoms with E-state index in [9.17, 15) is 0 Å². The van der Waals surface area contributed by atoms with Crippen molar-refractivity contribution in [3.8, 4) is 33.8 Å². The number of rotatable bonds is 11. The van der Waals surface area contributed by atoms with Crippen molar-refractivity contribution in [2.45, 2.75) is 0 Å². The zero-order chi connectivity index (χ0) is 69.5. The van der Waals surface area contributed by atoms with E-state index in [0.29, 0.717) is 0 Å². The van der Waals surface area contributed by atoms with Crippen LogP contribution in [-0.2, 0) is 0 Å². The maximum absolute atomic E-state index is 8.03. The minimum Gasteiger partial charge on any atom is -0.311 e. The first-order chi connectivity index (χ1) is 52.6. The normalized spacial score (nSPS) is 12.9. The van der Waals surface area contributed by atoms with Crippen molar-refractivity contribution in [3.05, 3.63) is 370 Å². The summed E-state index contributed by atoms with van der Waals surface area (Å²) in [6, 6.07) is 138. The number of hydrogen-bond donors (Lipinski definition) is 0. The van der Waals surface area contributed by atoms with Crippen molar-refractivity contribution in [2.75, 3.05) is 24.5 Å². The number of para-hydroxylation sites is 7.